The molecular formula is C24H32N4O2. The number of esters is 1. The number of nitrogens with zero attached hydrogens (tertiary/aromatic N) is 4. The fourth-order valence-corrected chi connectivity index (χ4v) is 4.00. The van der Waals surface area contributed by atoms with Gasteiger partial charge in [-0.05, 0) is 37.3 Å². The number of carbonyl (C=O) groups is 1. The Morgan fingerprint density at radius 2 is 1.97 bits per heavy atom. The Morgan fingerprint density at radius 3 is 2.67 bits per heavy atom. The molecule has 6 nitrogen and oxygen atoms in total. The molecule has 160 valence electrons. The van der Waals surface area contributed by atoms with Crippen LogP contribution in [0.25, 0.3) is 11.0 Å². The van der Waals surface area contributed by atoms with Gasteiger partial charge in [0.15, 0.2) is 11.7 Å². The van der Waals surface area contributed by atoms with E-state index in [4.69, 9.17) is 14.7 Å². The number of nitriles is 1. The van der Waals surface area contributed by atoms with Crippen molar-refractivity contribution in [3.05, 3.63) is 30.0 Å². The molecule has 1 aromatic carbocycles. The number of unbranched alkanes of at least 4 members (excludes halogenated alkanes) is 4. The van der Waals surface area contributed by atoms with Crippen molar-refractivity contribution in [3.8, 4) is 6.07 Å². The lowest BCUT2D eigenvalue weighted by molar-refractivity contribution is -0.144. The van der Waals surface area contributed by atoms with Crippen molar-refractivity contribution in [2.75, 3.05) is 24.6 Å². The first kappa shape index (κ1) is 22.0. The molecule has 2 heterocycles. The number of fused-ring (bicyclic) bond motifs is 1. The van der Waals surface area contributed by atoms with Crippen LogP contribution in [0.4, 0.5) is 5.82 Å². The zero-order valence-electron chi connectivity index (χ0n) is 18.1. The lowest BCUT2D eigenvalue weighted by Gasteiger charge is -2.33. The number of hydrogen-bond donors (Lipinski definition) is 0. The predicted molar refractivity (Wildman–Crippen MR) is 118 cm³/mol. The van der Waals surface area contributed by atoms with Gasteiger partial charge in [-0.2, -0.15) is 5.26 Å². The van der Waals surface area contributed by atoms with Gasteiger partial charge < -0.3 is 9.64 Å². The summed E-state index contributed by atoms with van der Waals surface area (Å²) in [7, 11) is 0. The third-order valence-electron chi connectivity index (χ3n) is 5.67. The molecule has 0 aliphatic carbocycles. The van der Waals surface area contributed by atoms with Gasteiger partial charge in [0.25, 0.3) is 0 Å². The van der Waals surface area contributed by atoms with Gasteiger partial charge in [0.1, 0.15) is 5.69 Å². The molecule has 1 fully saturated rings. The lowest BCUT2D eigenvalue weighted by atomic mass is 9.99. The van der Waals surface area contributed by atoms with Crippen molar-refractivity contribution in [3.63, 3.8) is 0 Å². The van der Waals surface area contributed by atoms with E-state index in [-0.39, 0.29) is 0 Å². The highest BCUT2D eigenvalue weighted by Crippen LogP contribution is 2.30. The maximum atomic E-state index is 12.8. The number of anilines is 1. The molecular weight excluding hydrogens is 376 g/mol. The Balaban J connectivity index is 1.83. The number of hydrogen-bond acceptors (Lipinski definition) is 6. The molecule has 3 rings (SSSR count). The monoisotopic (exact) mass is 408 g/mol. The SMILES string of the molecule is CCCCCCCOC(=O)[C@H](C#N)c1nc2ccccc2nc1N1CCC[C@H](C)C1. The van der Waals surface area contributed by atoms with E-state index in [1.165, 1.54) is 19.3 Å². The van der Waals surface area contributed by atoms with Crippen LogP contribution in [0.2, 0.25) is 0 Å². The van der Waals surface area contributed by atoms with Crippen LogP contribution >= 0.6 is 0 Å². The highest BCUT2D eigenvalue weighted by atomic mass is 16.5. The minimum Gasteiger partial charge on any atom is -0.464 e. The molecule has 1 aliphatic heterocycles. The Labute approximate surface area is 179 Å². The standard InChI is InChI=1S/C24H32N4O2/c1-3-4-5-6-9-15-30-24(29)19(16-25)22-23(28-14-10-11-18(2)17-28)27-21-13-8-7-12-20(21)26-22/h7-8,12-13,18-19H,3-6,9-11,14-15,17H2,1-2H3/t18-,19+/m0/s1. The molecule has 30 heavy (non-hydrogen) atoms. The van der Waals surface area contributed by atoms with E-state index in [9.17, 15) is 10.1 Å². The summed E-state index contributed by atoms with van der Waals surface area (Å²) in [5.41, 5.74) is 1.88. The number of carbonyl (C=O) groups excluding carboxylic acids is 1. The predicted octanol–water partition coefficient (Wildman–Crippen LogP) is 4.99. The molecule has 0 saturated carbocycles. The minimum atomic E-state index is -1.06. The summed E-state index contributed by atoms with van der Waals surface area (Å²) in [5, 5.41) is 9.83. The van der Waals surface area contributed by atoms with Crippen LogP contribution in [-0.4, -0.2) is 35.6 Å². The Bertz CT molecular complexity index is 892. The summed E-state index contributed by atoms with van der Waals surface area (Å²) >= 11 is 0. The highest BCUT2D eigenvalue weighted by molar-refractivity contribution is 5.85. The van der Waals surface area contributed by atoms with Crippen LogP contribution in [0.5, 0.6) is 0 Å². The van der Waals surface area contributed by atoms with Crippen LogP contribution in [0.15, 0.2) is 24.3 Å². The maximum Gasteiger partial charge on any atom is 0.329 e. The second kappa shape index (κ2) is 10.9. The van der Waals surface area contributed by atoms with Crippen molar-refractivity contribution < 1.29 is 9.53 Å². The summed E-state index contributed by atoms with van der Waals surface area (Å²) in [6, 6.07) is 9.72. The summed E-state index contributed by atoms with van der Waals surface area (Å²) in [6.45, 7) is 6.44. The molecule has 2 aromatic rings. The molecule has 1 saturated heterocycles. The smallest absolute Gasteiger partial charge is 0.329 e. The summed E-state index contributed by atoms with van der Waals surface area (Å²) in [5.74, 6) is -0.406. The molecule has 1 aliphatic rings. The Hall–Kier alpha value is -2.68. The average molecular weight is 409 g/mol. The zero-order chi connectivity index (χ0) is 21.3. The molecule has 1 aromatic heterocycles. The van der Waals surface area contributed by atoms with Gasteiger partial charge in [-0.3, -0.25) is 4.79 Å². The van der Waals surface area contributed by atoms with E-state index in [1.807, 2.05) is 24.3 Å². The van der Waals surface area contributed by atoms with Crippen LogP contribution in [0.3, 0.4) is 0 Å². The molecule has 0 unspecified atom stereocenters. The maximum absolute atomic E-state index is 12.8. The molecule has 0 bridgehead atoms. The number of piperidine rings is 1. The Morgan fingerprint density at radius 1 is 1.23 bits per heavy atom. The molecule has 0 spiro atoms. The second-order valence-corrected chi connectivity index (χ2v) is 8.26. The largest absolute Gasteiger partial charge is 0.464 e. The second-order valence-electron chi connectivity index (χ2n) is 8.26. The zero-order valence-corrected chi connectivity index (χ0v) is 18.1. The van der Waals surface area contributed by atoms with E-state index in [0.29, 0.717) is 29.6 Å². The normalized spacial score (nSPS) is 17.5. The molecule has 6 heteroatoms. The van der Waals surface area contributed by atoms with E-state index in [2.05, 4.69) is 24.8 Å². The van der Waals surface area contributed by atoms with Gasteiger partial charge in [-0.1, -0.05) is 51.7 Å². The minimum absolute atomic E-state index is 0.345. The lowest BCUT2D eigenvalue weighted by Crippen LogP contribution is -2.36. The highest BCUT2D eigenvalue weighted by Gasteiger charge is 2.31. The van der Waals surface area contributed by atoms with Gasteiger partial charge in [0.2, 0.25) is 0 Å². The van der Waals surface area contributed by atoms with E-state index >= 15 is 0 Å². The van der Waals surface area contributed by atoms with Crippen molar-refractivity contribution >= 4 is 22.8 Å². The average Bonchev–Trinajstić information content (AvgIpc) is 2.76. The number of aromatic nitrogens is 2. The molecule has 0 radical (unpaired) electrons. The summed E-state index contributed by atoms with van der Waals surface area (Å²) < 4.78 is 5.46. The summed E-state index contributed by atoms with van der Waals surface area (Å²) in [4.78, 5) is 24.5. The van der Waals surface area contributed by atoms with Gasteiger partial charge in [-0.25, -0.2) is 9.97 Å². The number of para-hydroxylation sites is 2. The first-order chi connectivity index (χ1) is 14.6. The van der Waals surface area contributed by atoms with Crippen LogP contribution in [-0.2, 0) is 9.53 Å². The van der Waals surface area contributed by atoms with Gasteiger partial charge in [0.05, 0.1) is 23.7 Å². The number of rotatable bonds is 9. The van der Waals surface area contributed by atoms with E-state index in [1.54, 1.807) is 0 Å². The molecule has 0 amide bonds. The van der Waals surface area contributed by atoms with Crippen molar-refractivity contribution in [2.45, 2.75) is 64.7 Å². The van der Waals surface area contributed by atoms with Crippen molar-refractivity contribution in [2.24, 2.45) is 5.92 Å². The van der Waals surface area contributed by atoms with E-state index < -0.39 is 11.9 Å². The fraction of sp³-hybridized carbons (Fsp3) is 0.583. The fourth-order valence-electron chi connectivity index (χ4n) is 4.00. The Kier molecular flexibility index (Phi) is 8.01. The third-order valence-corrected chi connectivity index (χ3v) is 5.67. The number of benzene rings is 1. The van der Waals surface area contributed by atoms with Crippen LogP contribution in [0, 0.1) is 17.2 Å². The van der Waals surface area contributed by atoms with E-state index in [0.717, 1.165) is 44.3 Å². The molecule has 2 atom stereocenters. The van der Waals surface area contributed by atoms with Crippen LogP contribution < -0.4 is 4.90 Å². The first-order valence-electron chi connectivity index (χ1n) is 11.2. The quantitative estimate of drug-likeness (QED) is 0.430. The summed E-state index contributed by atoms with van der Waals surface area (Å²) in [6.07, 6.45) is 7.61. The van der Waals surface area contributed by atoms with Crippen LogP contribution in [0.1, 0.15) is 70.4 Å². The van der Waals surface area contributed by atoms with Crippen molar-refractivity contribution in [1.82, 2.24) is 9.97 Å². The van der Waals surface area contributed by atoms with Gasteiger partial charge >= 0.3 is 5.97 Å². The van der Waals surface area contributed by atoms with Gasteiger partial charge in [0, 0.05) is 13.1 Å². The molecule has 0 N–H and O–H groups in total. The third kappa shape index (κ3) is 5.47. The van der Waals surface area contributed by atoms with Gasteiger partial charge in [-0.15, -0.1) is 0 Å². The van der Waals surface area contributed by atoms with Crippen molar-refractivity contribution in [1.29, 1.82) is 5.26 Å². The first-order valence-corrected chi connectivity index (χ1v) is 11.2. The number of ether oxygens (including phenoxy) is 1. The topological polar surface area (TPSA) is 79.1 Å².